The molecule has 0 spiro atoms. The molecule has 1 heteroatoms. The van der Waals surface area contributed by atoms with Crippen LogP contribution in [0.15, 0.2) is 0 Å². The molecule has 1 saturated carbocycles. The zero-order chi connectivity index (χ0) is 14.0. The predicted molar refractivity (Wildman–Crippen MR) is 86.6 cm³/mol. The zero-order valence-corrected chi connectivity index (χ0v) is 13.8. The minimum Gasteiger partial charge on any atom is -0.316 e. The maximum absolute atomic E-state index is 3.75. The van der Waals surface area contributed by atoms with Crippen molar-refractivity contribution in [3.05, 3.63) is 0 Å². The first-order valence-corrected chi connectivity index (χ1v) is 8.89. The van der Waals surface area contributed by atoms with E-state index in [9.17, 15) is 0 Å². The van der Waals surface area contributed by atoms with Crippen LogP contribution in [-0.2, 0) is 0 Å². The fraction of sp³-hybridized carbons (Fsp3) is 1.00. The van der Waals surface area contributed by atoms with E-state index in [1.807, 2.05) is 0 Å². The van der Waals surface area contributed by atoms with Gasteiger partial charge in [0.05, 0.1) is 0 Å². The van der Waals surface area contributed by atoms with Crippen molar-refractivity contribution < 1.29 is 0 Å². The number of unbranched alkanes of at least 4 members (excludes halogenated alkanes) is 4. The summed E-state index contributed by atoms with van der Waals surface area (Å²) in [6, 6.07) is 0. The third kappa shape index (κ3) is 7.34. The van der Waals surface area contributed by atoms with Gasteiger partial charge in [-0.1, -0.05) is 72.1 Å². The average molecular weight is 268 g/mol. The Bertz CT molecular complexity index is 204. The van der Waals surface area contributed by atoms with Gasteiger partial charge in [-0.15, -0.1) is 0 Å². The van der Waals surface area contributed by atoms with Crippen LogP contribution in [0.2, 0.25) is 0 Å². The fourth-order valence-electron chi connectivity index (χ4n) is 3.55. The van der Waals surface area contributed by atoms with Gasteiger partial charge in [0.15, 0.2) is 0 Å². The van der Waals surface area contributed by atoms with Crippen molar-refractivity contribution in [2.24, 2.45) is 11.3 Å². The van der Waals surface area contributed by atoms with Crippen molar-refractivity contribution in [3.63, 3.8) is 0 Å². The maximum Gasteiger partial charge on any atom is 0.000792 e. The molecule has 0 atom stereocenters. The SMILES string of the molecule is CCCCCCCC1(CNCC(C)C)CCCCC1. The molecule has 0 radical (unpaired) electrons. The van der Waals surface area contributed by atoms with Gasteiger partial charge in [-0.3, -0.25) is 0 Å². The van der Waals surface area contributed by atoms with Crippen molar-refractivity contribution in [2.75, 3.05) is 13.1 Å². The first kappa shape index (κ1) is 17.0. The van der Waals surface area contributed by atoms with Crippen LogP contribution in [0.5, 0.6) is 0 Å². The summed E-state index contributed by atoms with van der Waals surface area (Å²) in [5.41, 5.74) is 0.652. The third-order valence-electron chi connectivity index (χ3n) is 4.78. The molecule has 1 aliphatic rings. The topological polar surface area (TPSA) is 12.0 Å². The Morgan fingerprint density at radius 3 is 2.26 bits per heavy atom. The van der Waals surface area contributed by atoms with Crippen LogP contribution < -0.4 is 5.32 Å². The number of hydrogen-bond acceptors (Lipinski definition) is 1. The molecule has 1 nitrogen and oxygen atoms in total. The van der Waals surface area contributed by atoms with Gasteiger partial charge in [-0.05, 0) is 37.1 Å². The summed E-state index contributed by atoms with van der Waals surface area (Å²) in [6.07, 6.45) is 16.0. The van der Waals surface area contributed by atoms with E-state index in [2.05, 4.69) is 26.1 Å². The van der Waals surface area contributed by atoms with Crippen LogP contribution in [0.4, 0.5) is 0 Å². The largest absolute Gasteiger partial charge is 0.316 e. The molecule has 0 heterocycles. The van der Waals surface area contributed by atoms with Gasteiger partial charge in [-0.25, -0.2) is 0 Å². The highest BCUT2D eigenvalue weighted by Crippen LogP contribution is 2.40. The lowest BCUT2D eigenvalue weighted by Crippen LogP contribution is -2.37. The molecule has 1 rings (SSSR count). The molecule has 0 saturated heterocycles. The van der Waals surface area contributed by atoms with E-state index in [1.165, 1.54) is 83.7 Å². The summed E-state index contributed by atoms with van der Waals surface area (Å²) in [5, 5.41) is 3.75. The van der Waals surface area contributed by atoms with Crippen molar-refractivity contribution in [1.29, 1.82) is 0 Å². The standard InChI is InChI=1S/C18H37N/c1-4-5-6-7-9-12-18(13-10-8-11-14-18)16-19-15-17(2)3/h17,19H,4-16H2,1-3H3. The summed E-state index contributed by atoms with van der Waals surface area (Å²) in [5.74, 6) is 0.783. The van der Waals surface area contributed by atoms with Crippen molar-refractivity contribution >= 4 is 0 Å². The van der Waals surface area contributed by atoms with Crippen LogP contribution in [0.3, 0.4) is 0 Å². The molecule has 0 amide bonds. The van der Waals surface area contributed by atoms with E-state index in [-0.39, 0.29) is 0 Å². The van der Waals surface area contributed by atoms with E-state index in [0.717, 1.165) is 5.92 Å². The summed E-state index contributed by atoms with van der Waals surface area (Å²) < 4.78 is 0. The first-order chi connectivity index (χ1) is 9.18. The second kappa shape index (κ2) is 9.80. The Kier molecular flexibility index (Phi) is 8.77. The highest BCUT2D eigenvalue weighted by Gasteiger charge is 2.30. The van der Waals surface area contributed by atoms with Gasteiger partial charge < -0.3 is 5.32 Å². The van der Waals surface area contributed by atoms with Crippen LogP contribution in [0.25, 0.3) is 0 Å². The number of nitrogens with one attached hydrogen (secondary N) is 1. The minimum absolute atomic E-state index is 0.652. The number of rotatable bonds is 10. The molecule has 0 bridgehead atoms. The van der Waals surface area contributed by atoms with Crippen molar-refractivity contribution in [2.45, 2.75) is 91.4 Å². The van der Waals surface area contributed by atoms with Crippen LogP contribution >= 0.6 is 0 Å². The minimum atomic E-state index is 0.652. The Morgan fingerprint density at radius 1 is 0.947 bits per heavy atom. The van der Waals surface area contributed by atoms with Gasteiger partial charge >= 0.3 is 0 Å². The third-order valence-corrected chi connectivity index (χ3v) is 4.78. The highest BCUT2D eigenvalue weighted by molar-refractivity contribution is 4.85. The molecule has 0 aromatic rings. The molecule has 0 aromatic heterocycles. The highest BCUT2D eigenvalue weighted by atomic mass is 14.9. The molecule has 19 heavy (non-hydrogen) atoms. The Balaban J connectivity index is 2.28. The van der Waals surface area contributed by atoms with E-state index < -0.39 is 0 Å². The fourth-order valence-corrected chi connectivity index (χ4v) is 3.55. The van der Waals surface area contributed by atoms with Crippen LogP contribution in [-0.4, -0.2) is 13.1 Å². The number of hydrogen-bond donors (Lipinski definition) is 1. The molecule has 0 unspecified atom stereocenters. The second-order valence-corrected chi connectivity index (χ2v) is 7.25. The molecular formula is C18H37N. The normalized spacial score (nSPS) is 18.9. The lowest BCUT2D eigenvalue weighted by molar-refractivity contribution is 0.160. The summed E-state index contributed by atoms with van der Waals surface area (Å²) in [7, 11) is 0. The van der Waals surface area contributed by atoms with E-state index in [4.69, 9.17) is 0 Å². The van der Waals surface area contributed by atoms with E-state index in [0.29, 0.717) is 5.41 Å². The quantitative estimate of drug-likeness (QED) is 0.512. The van der Waals surface area contributed by atoms with Gasteiger partial charge in [0, 0.05) is 6.54 Å². The molecular weight excluding hydrogens is 230 g/mol. The maximum atomic E-state index is 3.75. The lowest BCUT2D eigenvalue weighted by atomic mass is 9.70. The van der Waals surface area contributed by atoms with Gasteiger partial charge in [-0.2, -0.15) is 0 Å². The monoisotopic (exact) mass is 267 g/mol. The molecule has 1 aliphatic carbocycles. The van der Waals surface area contributed by atoms with Crippen LogP contribution in [0.1, 0.15) is 91.4 Å². The van der Waals surface area contributed by atoms with E-state index >= 15 is 0 Å². The molecule has 0 aliphatic heterocycles. The average Bonchev–Trinajstić information content (AvgIpc) is 2.39. The summed E-state index contributed by atoms with van der Waals surface area (Å²) >= 11 is 0. The molecule has 1 N–H and O–H groups in total. The lowest BCUT2D eigenvalue weighted by Gasteiger charge is -2.38. The second-order valence-electron chi connectivity index (χ2n) is 7.25. The van der Waals surface area contributed by atoms with Gasteiger partial charge in [0.2, 0.25) is 0 Å². The van der Waals surface area contributed by atoms with Crippen molar-refractivity contribution in [3.8, 4) is 0 Å². The smallest absolute Gasteiger partial charge is 0.000792 e. The Morgan fingerprint density at radius 2 is 1.63 bits per heavy atom. The van der Waals surface area contributed by atoms with Crippen molar-refractivity contribution in [1.82, 2.24) is 5.32 Å². The Labute approximate surface area is 121 Å². The van der Waals surface area contributed by atoms with Crippen LogP contribution in [0, 0.1) is 11.3 Å². The summed E-state index contributed by atoms with van der Waals surface area (Å²) in [6.45, 7) is 9.39. The van der Waals surface area contributed by atoms with Gasteiger partial charge in [0.1, 0.15) is 0 Å². The molecule has 1 fully saturated rings. The Hall–Kier alpha value is -0.0400. The van der Waals surface area contributed by atoms with E-state index in [1.54, 1.807) is 0 Å². The molecule has 114 valence electrons. The predicted octanol–water partition coefficient (Wildman–Crippen LogP) is 5.54. The molecule has 0 aromatic carbocycles. The zero-order valence-electron chi connectivity index (χ0n) is 13.8. The first-order valence-electron chi connectivity index (χ1n) is 8.89. The van der Waals surface area contributed by atoms with Gasteiger partial charge in [0.25, 0.3) is 0 Å². The summed E-state index contributed by atoms with van der Waals surface area (Å²) in [4.78, 5) is 0.